The smallest absolute Gasteiger partial charge is 0.287 e. The molecule has 0 saturated carbocycles. The molecule has 0 aliphatic carbocycles. The van der Waals surface area contributed by atoms with Gasteiger partial charge in [-0.05, 0) is 39.7 Å². The van der Waals surface area contributed by atoms with Crippen LogP contribution in [0.15, 0.2) is 57.9 Å². The molecule has 0 bridgehead atoms. The van der Waals surface area contributed by atoms with Crippen LogP contribution in [0.3, 0.4) is 0 Å². The first-order valence-corrected chi connectivity index (χ1v) is 8.42. The van der Waals surface area contributed by atoms with Crippen LogP contribution in [-0.2, 0) is 5.41 Å². The first-order chi connectivity index (χ1) is 11.4. The van der Waals surface area contributed by atoms with Crippen molar-refractivity contribution in [3.63, 3.8) is 0 Å². The summed E-state index contributed by atoms with van der Waals surface area (Å²) in [6.07, 6.45) is 5.26. The van der Waals surface area contributed by atoms with Gasteiger partial charge in [0, 0.05) is 40.7 Å². The molecule has 1 aromatic heterocycles. The van der Waals surface area contributed by atoms with Crippen molar-refractivity contribution in [2.45, 2.75) is 19.3 Å². The van der Waals surface area contributed by atoms with Crippen molar-refractivity contribution in [2.24, 2.45) is 5.10 Å². The molecule has 2 aromatic rings. The highest BCUT2D eigenvalue weighted by atomic mass is 79.9. The Balaban J connectivity index is 1.74. The standard InChI is InChI=1S/C18H19BrN4O/c1-18(2)13-6-4-5-7-15(13)23(3)16(18)8-9-21-22-17(24)14-10-12(19)11-20-14/h4-11,20H,1-3H3,(H,22,24). The second-order valence-electron chi connectivity index (χ2n) is 6.20. The van der Waals surface area contributed by atoms with Gasteiger partial charge in [0.15, 0.2) is 0 Å². The number of para-hydroxylation sites is 1. The van der Waals surface area contributed by atoms with Crippen LogP contribution in [0.2, 0.25) is 0 Å². The van der Waals surface area contributed by atoms with E-state index in [1.807, 2.05) is 19.2 Å². The normalized spacial score (nSPS) is 17.5. The SMILES string of the molecule is CN1C(=CC=NNC(=O)c2cc(Br)c[nH]2)C(C)(C)c2ccccc21. The number of aromatic nitrogens is 1. The monoisotopic (exact) mass is 386 g/mol. The minimum atomic E-state index is -0.280. The Hall–Kier alpha value is -2.34. The molecule has 0 unspecified atom stereocenters. The molecule has 6 heteroatoms. The number of nitrogens with zero attached hydrogens (tertiary/aromatic N) is 2. The fourth-order valence-corrected chi connectivity index (χ4v) is 3.41. The fraction of sp³-hybridized carbons (Fsp3) is 0.222. The van der Waals surface area contributed by atoms with Gasteiger partial charge in [0.25, 0.3) is 5.91 Å². The van der Waals surface area contributed by atoms with Crippen LogP contribution in [0.1, 0.15) is 29.9 Å². The van der Waals surface area contributed by atoms with E-state index in [2.05, 4.69) is 68.4 Å². The summed E-state index contributed by atoms with van der Waals surface area (Å²) in [7, 11) is 2.04. The number of nitrogens with one attached hydrogen (secondary N) is 2. The van der Waals surface area contributed by atoms with Gasteiger partial charge in [-0.15, -0.1) is 0 Å². The third-order valence-electron chi connectivity index (χ3n) is 4.31. The molecule has 1 amide bonds. The molecule has 0 atom stereocenters. The molecule has 1 aliphatic heterocycles. The molecule has 124 valence electrons. The summed E-state index contributed by atoms with van der Waals surface area (Å²) < 4.78 is 0.825. The maximum absolute atomic E-state index is 11.9. The number of aromatic amines is 1. The lowest BCUT2D eigenvalue weighted by atomic mass is 9.84. The van der Waals surface area contributed by atoms with Crippen LogP contribution in [0.4, 0.5) is 5.69 Å². The minimum absolute atomic E-state index is 0.105. The Morgan fingerprint density at radius 3 is 2.79 bits per heavy atom. The summed E-state index contributed by atoms with van der Waals surface area (Å²) in [4.78, 5) is 16.9. The van der Waals surface area contributed by atoms with E-state index in [1.165, 1.54) is 11.3 Å². The average Bonchev–Trinajstić information content (AvgIpc) is 3.07. The summed E-state index contributed by atoms with van der Waals surface area (Å²) in [6, 6.07) is 10.1. The maximum atomic E-state index is 11.9. The lowest BCUT2D eigenvalue weighted by molar-refractivity contribution is 0.0951. The van der Waals surface area contributed by atoms with E-state index < -0.39 is 0 Å². The molecule has 5 nitrogen and oxygen atoms in total. The summed E-state index contributed by atoms with van der Waals surface area (Å²) in [5.74, 6) is -0.280. The molecule has 0 fully saturated rings. The molecular formula is C18H19BrN4O. The highest BCUT2D eigenvalue weighted by Gasteiger charge is 2.37. The Morgan fingerprint density at radius 2 is 2.12 bits per heavy atom. The number of halogens is 1. The average molecular weight is 387 g/mol. The van der Waals surface area contributed by atoms with Crippen molar-refractivity contribution in [1.82, 2.24) is 10.4 Å². The van der Waals surface area contributed by atoms with E-state index in [1.54, 1.807) is 18.5 Å². The predicted molar refractivity (Wildman–Crippen MR) is 100 cm³/mol. The zero-order valence-corrected chi connectivity index (χ0v) is 15.4. The van der Waals surface area contributed by atoms with Crippen molar-refractivity contribution >= 4 is 33.7 Å². The van der Waals surface area contributed by atoms with Crippen molar-refractivity contribution < 1.29 is 4.79 Å². The molecule has 0 radical (unpaired) electrons. The molecule has 3 rings (SSSR count). The van der Waals surface area contributed by atoms with Crippen molar-refractivity contribution in [1.29, 1.82) is 0 Å². The van der Waals surface area contributed by atoms with Gasteiger partial charge in [-0.1, -0.05) is 32.0 Å². The van der Waals surface area contributed by atoms with Crippen molar-refractivity contribution in [2.75, 3.05) is 11.9 Å². The molecule has 2 N–H and O–H groups in total. The molecule has 1 aromatic carbocycles. The van der Waals surface area contributed by atoms with Gasteiger partial charge in [-0.25, -0.2) is 5.43 Å². The topological polar surface area (TPSA) is 60.5 Å². The highest BCUT2D eigenvalue weighted by molar-refractivity contribution is 9.10. The summed E-state index contributed by atoms with van der Waals surface area (Å²) in [5, 5.41) is 4.02. The van der Waals surface area contributed by atoms with Gasteiger partial charge in [-0.2, -0.15) is 5.10 Å². The predicted octanol–water partition coefficient (Wildman–Crippen LogP) is 3.80. The molecule has 0 spiro atoms. The van der Waals surface area contributed by atoms with Crippen LogP contribution in [0.25, 0.3) is 0 Å². The number of carbonyl (C=O) groups excluding carboxylic acids is 1. The van der Waals surface area contributed by atoms with Crippen LogP contribution in [-0.4, -0.2) is 24.2 Å². The Labute approximate surface area is 149 Å². The first kappa shape index (κ1) is 16.5. The molecule has 1 aliphatic rings. The number of hydrazone groups is 1. The number of rotatable bonds is 3. The number of benzene rings is 1. The van der Waals surface area contributed by atoms with Crippen molar-refractivity contribution in [3.05, 3.63) is 64.0 Å². The van der Waals surface area contributed by atoms with Gasteiger partial charge < -0.3 is 9.88 Å². The minimum Gasteiger partial charge on any atom is -0.356 e. The number of hydrogen-bond acceptors (Lipinski definition) is 3. The maximum Gasteiger partial charge on any atom is 0.287 e. The van der Waals surface area contributed by atoms with Gasteiger partial charge in [0.05, 0.1) is 0 Å². The van der Waals surface area contributed by atoms with E-state index in [-0.39, 0.29) is 11.3 Å². The summed E-state index contributed by atoms with van der Waals surface area (Å²) in [5.41, 5.74) is 6.48. The molecule has 0 saturated heterocycles. The van der Waals surface area contributed by atoms with Gasteiger partial charge in [0.1, 0.15) is 5.69 Å². The largest absolute Gasteiger partial charge is 0.356 e. The molecule has 24 heavy (non-hydrogen) atoms. The van der Waals surface area contributed by atoms with E-state index in [0.717, 1.165) is 10.2 Å². The van der Waals surface area contributed by atoms with Crippen LogP contribution in [0.5, 0.6) is 0 Å². The zero-order valence-electron chi connectivity index (χ0n) is 13.8. The second-order valence-corrected chi connectivity index (χ2v) is 7.12. The fourth-order valence-electron chi connectivity index (χ4n) is 3.06. The number of allylic oxidation sites excluding steroid dienone is 2. The number of amides is 1. The molecule has 2 heterocycles. The molecular weight excluding hydrogens is 368 g/mol. The van der Waals surface area contributed by atoms with E-state index in [0.29, 0.717) is 5.69 Å². The lowest BCUT2D eigenvalue weighted by Gasteiger charge is -2.23. The van der Waals surface area contributed by atoms with Gasteiger partial charge in [0.2, 0.25) is 0 Å². The highest BCUT2D eigenvalue weighted by Crippen LogP contribution is 2.46. The van der Waals surface area contributed by atoms with E-state index >= 15 is 0 Å². The van der Waals surface area contributed by atoms with E-state index in [4.69, 9.17) is 0 Å². The lowest BCUT2D eigenvalue weighted by Crippen LogP contribution is -2.23. The number of hydrogen-bond donors (Lipinski definition) is 2. The quantitative estimate of drug-likeness (QED) is 0.622. The number of likely N-dealkylation sites (N-methyl/N-ethyl adjacent to an activating group) is 1. The van der Waals surface area contributed by atoms with Gasteiger partial charge >= 0.3 is 0 Å². The number of carbonyl (C=O) groups is 1. The second kappa shape index (κ2) is 6.28. The van der Waals surface area contributed by atoms with Crippen molar-refractivity contribution in [3.8, 4) is 0 Å². The van der Waals surface area contributed by atoms with Crippen LogP contribution in [0, 0.1) is 0 Å². The Kier molecular flexibility index (Phi) is 4.32. The Bertz CT molecular complexity index is 835. The third-order valence-corrected chi connectivity index (χ3v) is 4.76. The zero-order chi connectivity index (χ0) is 17.3. The van der Waals surface area contributed by atoms with Gasteiger partial charge in [-0.3, -0.25) is 4.79 Å². The van der Waals surface area contributed by atoms with Crippen LogP contribution >= 0.6 is 15.9 Å². The third kappa shape index (κ3) is 2.89. The summed E-state index contributed by atoms with van der Waals surface area (Å²) in [6.45, 7) is 4.37. The number of anilines is 1. The van der Waals surface area contributed by atoms with Crippen LogP contribution < -0.4 is 10.3 Å². The Morgan fingerprint density at radius 1 is 1.38 bits per heavy atom. The first-order valence-electron chi connectivity index (χ1n) is 7.62. The summed E-state index contributed by atoms with van der Waals surface area (Å²) >= 11 is 3.30. The number of H-pyrrole nitrogens is 1. The van der Waals surface area contributed by atoms with E-state index in [9.17, 15) is 4.79 Å². The number of fused-ring (bicyclic) bond motifs is 1.